The van der Waals surface area contributed by atoms with Crippen LogP contribution in [0.5, 0.6) is 5.88 Å². The minimum atomic E-state index is -0.845. The molecule has 1 aromatic carbocycles. The Kier molecular flexibility index (Phi) is 7.14. The van der Waals surface area contributed by atoms with Crippen molar-refractivity contribution in [1.29, 1.82) is 0 Å². The normalized spacial score (nSPS) is 21.1. The molecule has 1 unspecified atom stereocenters. The maximum Gasteiger partial charge on any atom is 0.275 e. The number of hydrogen-bond acceptors (Lipinski definition) is 10. The molecule has 194 valence electrons. The molecule has 0 radical (unpaired) electrons. The average molecular weight is 502 g/mol. The number of para-hydroxylation sites is 1. The molecule has 0 aliphatic carbocycles. The van der Waals surface area contributed by atoms with Crippen molar-refractivity contribution in [2.24, 2.45) is 5.41 Å². The number of ether oxygens (including phenoxy) is 3. The van der Waals surface area contributed by atoms with Gasteiger partial charge in [0.05, 0.1) is 48.4 Å². The highest BCUT2D eigenvalue weighted by Crippen LogP contribution is 2.42. The van der Waals surface area contributed by atoms with Gasteiger partial charge in [0.1, 0.15) is 12.3 Å². The summed E-state index contributed by atoms with van der Waals surface area (Å²) in [5.41, 5.74) is 6.98. The molecule has 12 nitrogen and oxygen atoms in total. The van der Waals surface area contributed by atoms with E-state index in [1.165, 1.54) is 13.2 Å². The highest BCUT2D eigenvalue weighted by atomic mass is 16.6. The van der Waals surface area contributed by atoms with Gasteiger partial charge in [-0.05, 0) is 11.5 Å². The van der Waals surface area contributed by atoms with E-state index in [9.17, 15) is 20.3 Å². The Hall–Kier alpha value is -3.32. The fourth-order valence-electron chi connectivity index (χ4n) is 4.59. The van der Waals surface area contributed by atoms with Crippen LogP contribution in [-0.4, -0.2) is 55.6 Å². The van der Waals surface area contributed by atoms with Crippen LogP contribution in [0, 0.1) is 15.5 Å². The minimum absolute atomic E-state index is 0.00380. The van der Waals surface area contributed by atoms with E-state index < -0.39 is 34.9 Å². The van der Waals surface area contributed by atoms with Gasteiger partial charge < -0.3 is 34.7 Å². The number of aliphatic hydroxyl groups is 2. The van der Waals surface area contributed by atoms with Gasteiger partial charge in [0, 0.05) is 24.2 Å². The summed E-state index contributed by atoms with van der Waals surface area (Å²) in [6.45, 7) is 5.58. The van der Waals surface area contributed by atoms with Crippen LogP contribution in [0.1, 0.15) is 50.7 Å². The number of nitrogens with two attached hydrogens (primary N) is 1. The van der Waals surface area contributed by atoms with Gasteiger partial charge in [0.25, 0.3) is 5.69 Å². The largest absolute Gasteiger partial charge is 0.480 e. The Morgan fingerprint density at radius 1 is 1.33 bits per heavy atom. The van der Waals surface area contributed by atoms with E-state index >= 15 is 0 Å². The van der Waals surface area contributed by atoms with Crippen LogP contribution < -0.4 is 10.5 Å². The fourth-order valence-corrected chi connectivity index (χ4v) is 4.59. The van der Waals surface area contributed by atoms with Crippen molar-refractivity contribution < 1.29 is 29.3 Å². The molecule has 4 atom stereocenters. The monoisotopic (exact) mass is 501 g/mol. The van der Waals surface area contributed by atoms with Gasteiger partial charge in [-0.3, -0.25) is 10.1 Å². The second kappa shape index (κ2) is 9.97. The van der Waals surface area contributed by atoms with Crippen LogP contribution in [0.4, 0.5) is 11.6 Å². The van der Waals surface area contributed by atoms with Crippen LogP contribution in [0.3, 0.4) is 0 Å². The second-order valence-electron chi connectivity index (χ2n) is 9.84. The Morgan fingerprint density at radius 3 is 2.67 bits per heavy atom. The van der Waals surface area contributed by atoms with Crippen molar-refractivity contribution in [2.45, 2.75) is 58.3 Å². The molecular formula is C24H31N5O7. The number of benzene rings is 1. The molecule has 1 aliphatic heterocycles. The lowest BCUT2D eigenvalue weighted by atomic mass is 9.84. The first-order chi connectivity index (χ1) is 17.0. The molecule has 0 amide bonds. The zero-order valence-corrected chi connectivity index (χ0v) is 20.6. The lowest BCUT2D eigenvalue weighted by molar-refractivity contribution is -0.386. The molecule has 0 bridgehead atoms. The maximum absolute atomic E-state index is 11.7. The maximum atomic E-state index is 11.7. The highest BCUT2D eigenvalue weighted by Gasteiger charge is 2.37. The van der Waals surface area contributed by atoms with Crippen LogP contribution in [0.2, 0.25) is 0 Å². The summed E-state index contributed by atoms with van der Waals surface area (Å²) in [6, 6.07) is 6.53. The van der Waals surface area contributed by atoms with Crippen LogP contribution in [-0.2, 0) is 16.1 Å². The Bertz CT molecular complexity index is 1260. The number of aromatic nitrogens is 3. The zero-order valence-electron chi connectivity index (χ0n) is 20.6. The molecule has 0 saturated carbocycles. The van der Waals surface area contributed by atoms with Crippen molar-refractivity contribution in [1.82, 2.24) is 14.5 Å². The van der Waals surface area contributed by atoms with E-state index in [4.69, 9.17) is 19.9 Å². The molecular weight excluding hydrogens is 470 g/mol. The van der Waals surface area contributed by atoms with Crippen molar-refractivity contribution in [2.75, 3.05) is 19.5 Å². The molecule has 2 aromatic heterocycles. The third-order valence-electron chi connectivity index (χ3n) is 6.23. The van der Waals surface area contributed by atoms with E-state index in [-0.39, 0.29) is 37.2 Å². The van der Waals surface area contributed by atoms with Gasteiger partial charge in [-0.2, -0.15) is 9.97 Å². The van der Waals surface area contributed by atoms with E-state index in [0.717, 1.165) is 0 Å². The second-order valence-corrected chi connectivity index (χ2v) is 9.84. The number of nitro benzene ring substituents is 1. The lowest BCUT2D eigenvalue weighted by Crippen LogP contribution is -2.24. The van der Waals surface area contributed by atoms with Gasteiger partial charge in [0.15, 0.2) is 5.65 Å². The third kappa shape index (κ3) is 4.85. The first-order valence-electron chi connectivity index (χ1n) is 11.5. The van der Waals surface area contributed by atoms with Crippen molar-refractivity contribution in [3.05, 3.63) is 51.7 Å². The molecule has 4 N–H and O–H groups in total. The zero-order chi connectivity index (χ0) is 26.2. The van der Waals surface area contributed by atoms with E-state index in [0.29, 0.717) is 22.2 Å². The predicted octanol–water partition coefficient (Wildman–Crippen LogP) is 2.88. The standard InChI is InChI=1S/C24H31N5O7/c1-24(2,3)20(14-7-5-6-8-15(14)29(32)33)35-12-13-10-28(18-9-16(31)17(11-30)36-18)21-19(13)22(34-4)27-23(25)26-21/h5-8,10,16-18,20,30-31H,9,11-12H2,1-4H3,(H2,25,26,27)/t16?,17-,18-,20-/m1/s1. The number of fused-ring (bicyclic) bond motifs is 1. The molecule has 1 aliphatic rings. The quantitative estimate of drug-likeness (QED) is 0.308. The van der Waals surface area contributed by atoms with E-state index in [2.05, 4.69) is 9.97 Å². The number of nitrogen functional groups attached to an aromatic ring is 1. The number of methoxy groups -OCH3 is 1. The van der Waals surface area contributed by atoms with Gasteiger partial charge in [-0.1, -0.05) is 32.9 Å². The Balaban J connectivity index is 1.76. The molecule has 3 heterocycles. The molecule has 0 spiro atoms. The van der Waals surface area contributed by atoms with Crippen LogP contribution in [0.15, 0.2) is 30.5 Å². The number of nitro groups is 1. The molecule has 1 fully saturated rings. The lowest BCUT2D eigenvalue weighted by Gasteiger charge is -2.30. The summed E-state index contributed by atoms with van der Waals surface area (Å²) in [5, 5.41) is 32.0. The van der Waals surface area contributed by atoms with Crippen LogP contribution >= 0.6 is 0 Å². The molecule has 12 heteroatoms. The summed E-state index contributed by atoms with van der Waals surface area (Å²) in [5.74, 6) is 0.237. The summed E-state index contributed by atoms with van der Waals surface area (Å²) < 4.78 is 19.4. The third-order valence-corrected chi connectivity index (χ3v) is 6.23. The molecule has 4 rings (SSSR count). The summed E-state index contributed by atoms with van der Waals surface area (Å²) in [7, 11) is 1.46. The van der Waals surface area contributed by atoms with Gasteiger partial charge >= 0.3 is 0 Å². The first kappa shape index (κ1) is 25.8. The fraction of sp³-hybridized carbons (Fsp3) is 0.500. The van der Waals surface area contributed by atoms with Crippen molar-refractivity contribution in [3.63, 3.8) is 0 Å². The summed E-state index contributed by atoms with van der Waals surface area (Å²) in [6.07, 6.45) is -0.790. The SMILES string of the molecule is COc1nc(N)nc2c1c(CO[C@H](c1ccccc1[N+](=O)[O-])C(C)(C)C)cn2[C@H]1CC(O)[C@@H](CO)O1. The molecule has 3 aromatic rings. The first-order valence-corrected chi connectivity index (χ1v) is 11.5. The number of anilines is 1. The van der Waals surface area contributed by atoms with Crippen LogP contribution in [0.25, 0.3) is 11.0 Å². The van der Waals surface area contributed by atoms with E-state index in [1.54, 1.807) is 29.0 Å². The summed E-state index contributed by atoms with van der Waals surface area (Å²) in [4.78, 5) is 19.9. The van der Waals surface area contributed by atoms with Crippen molar-refractivity contribution in [3.8, 4) is 5.88 Å². The Labute approximate surface area is 207 Å². The van der Waals surface area contributed by atoms with Crippen molar-refractivity contribution >= 4 is 22.7 Å². The van der Waals surface area contributed by atoms with Gasteiger partial charge in [-0.25, -0.2) is 0 Å². The Morgan fingerprint density at radius 2 is 2.06 bits per heavy atom. The minimum Gasteiger partial charge on any atom is -0.480 e. The smallest absolute Gasteiger partial charge is 0.275 e. The molecule has 36 heavy (non-hydrogen) atoms. The summed E-state index contributed by atoms with van der Waals surface area (Å²) >= 11 is 0. The average Bonchev–Trinajstić information content (AvgIpc) is 3.37. The number of nitrogens with zero attached hydrogens (tertiary/aromatic N) is 4. The highest BCUT2D eigenvalue weighted by molar-refractivity contribution is 5.86. The number of aliphatic hydroxyl groups excluding tert-OH is 2. The van der Waals surface area contributed by atoms with E-state index in [1.807, 2.05) is 20.8 Å². The van der Waals surface area contributed by atoms with Gasteiger partial charge in [-0.15, -0.1) is 0 Å². The number of hydrogen-bond donors (Lipinski definition) is 3. The topological polar surface area (TPSA) is 168 Å². The number of rotatable bonds is 8. The predicted molar refractivity (Wildman–Crippen MR) is 130 cm³/mol. The molecule has 1 saturated heterocycles. The van der Waals surface area contributed by atoms with Gasteiger partial charge in [0.2, 0.25) is 11.8 Å².